The number of likely N-dealkylation sites (tertiary alicyclic amines) is 1. The van der Waals surface area contributed by atoms with Gasteiger partial charge in [-0.3, -0.25) is 14.9 Å². The summed E-state index contributed by atoms with van der Waals surface area (Å²) in [5.41, 5.74) is 0.726. The van der Waals surface area contributed by atoms with Crippen LogP contribution < -0.4 is 5.32 Å². The molecular formula is C23H28ClN3O2S. The average Bonchev–Trinajstić information content (AvgIpc) is 3.26. The van der Waals surface area contributed by atoms with Gasteiger partial charge in [-0.2, -0.15) is 0 Å². The molecule has 1 atom stereocenters. The molecule has 0 radical (unpaired) electrons. The number of piperidine rings is 1. The molecule has 7 heteroatoms. The summed E-state index contributed by atoms with van der Waals surface area (Å²) in [6, 6.07) is 11.7. The van der Waals surface area contributed by atoms with Crippen molar-refractivity contribution in [1.29, 1.82) is 0 Å². The van der Waals surface area contributed by atoms with Crippen LogP contribution >= 0.6 is 22.9 Å². The fraction of sp³-hybridized carbons (Fsp3) is 0.478. The number of hydrogen-bond acceptors (Lipinski definition) is 4. The Morgan fingerprint density at radius 3 is 2.53 bits per heavy atom. The zero-order valence-corrected chi connectivity index (χ0v) is 19.0. The Kier molecular flexibility index (Phi) is 6.19. The van der Waals surface area contributed by atoms with Gasteiger partial charge in [-0.15, -0.1) is 11.3 Å². The molecule has 1 unspecified atom stereocenters. The van der Waals surface area contributed by atoms with E-state index in [1.807, 2.05) is 33.4 Å². The van der Waals surface area contributed by atoms with Crippen molar-refractivity contribution in [3.05, 3.63) is 57.2 Å². The molecule has 3 heterocycles. The minimum Gasteiger partial charge on any atom is -0.338 e. The van der Waals surface area contributed by atoms with Crippen molar-refractivity contribution < 1.29 is 9.59 Å². The van der Waals surface area contributed by atoms with Gasteiger partial charge < -0.3 is 9.80 Å². The van der Waals surface area contributed by atoms with Gasteiger partial charge in [0.2, 0.25) is 5.91 Å². The van der Waals surface area contributed by atoms with Crippen LogP contribution in [0.1, 0.15) is 48.3 Å². The molecule has 2 aromatic rings. The minimum absolute atomic E-state index is 0.0116. The lowest BCUT2D eigenvalue weighted by Gasteiger charge is -2.44. The molecule has 4 rings (SSSR count). The maximum absolute atomic E-state index is 13.3. The van der Waals surface area contributed by atoms with Gasteiger partial charge in [0.25, 0.3) is 5.91 Å². The van der Waals surface area contributed by atoms with Crippen LogP contribution in [0.3, 0.4) is 0 Å². The van der Waals surface area contributed by atoms with Crippen LogP contribution in [0, 0.1) is 5.92 Å². The van der Waals surface area contributed by atoms with Crippen LogP contribution in [-0.4, -0.2) is 46.4 Å². The Morgan fingerprint density at radius 2 is 1.93 bits per heavy atom. The highest BCUT2D eigenvalue weighted by atomic mass is 35.5. The molecule has 0 aliphatic carbocycles. The van der Waals surface area contributed by atoms with Crippen LogP contribution in [0.4, 0.5) is 0 Å². The Balaban J connectivity index is 1.53. The maximum atomic E-state index is 13.3. The number of nitrogens with zero attached hydrogens (tertiary/aromatic N) is 2. The molecular weight excluding hydrogens is 418 g/mol. The molecule has 0 bridgehead atoms. The lowest BCUT2D eigenvalue weighted by Crippen LogP contribution is -2.59. The molecule has 1 aromatic heterocycles. The van der Waals surface area contributed by atoms with Gasteiger partial charge in [-0.05, 0) is 29.3 Å². The third kappa shape index (κ3) is 4.13. The van der Waals surface area contributed by atoms with Crippen LogP contribution in [-0.2, 0) is 11.3 Å². The highest BCUT2D eigenvalue weighted by Crippen LogP contribution is 2.36. The molecule has 2 amide bonds. The van der Waals surface area contributed by atoms with E-state index >= 15 is 0 Å². The van der Waals surface area contributed by atoms with E-state index in [-0.39, 0.29) is 17.9 Å². The lowest BCUT2D eigenvalue weighted by molar-refractivity contribution is -0.134. The fourth-order valence-corrected chi connectivity index (χ4v) is 5.68. The van der Waals surface area contributed by atoms with Crippen molar-refractivity contribution in [3.63, 3.8) is 0 Å². The first-order chi connectivity index (χ1) is 14.4. The first-order valence-electron chi connectivity index (χ1n) is 10.5. The molecule has 2 fully saturated rings. The molecule has 2 saturated heterocycles. The molecule has 2 aliphatic heterocycles. The van der Waals surface area contributed by atoms with Gasteiger partial charge in [-0.1, -0.05) is 55.8 Å². The quantitative estimate of drug-likeness (QED) is 0.743. The van der Waals surface area contributed by atoms with Crippen LogP contribution in [0.15, 0.2) is 41.8 Å². The first-order valence-corrected chi connectivity index (χ1v) is 11.8. The number of rotatable bonds is 5. The van der Waals surface area contributed by atoms with E-state index in [4.69, 9.17) is 11.6 Å². The largest absolute Gasteiger partial charge is 0.338 e. The first kappa shape index (κ1) is 21.3. The Bertz CT molecular complexity index is 906. The van der Waals surface area contributed by atoms with E-state index in [0.717, 1.165) is 24.8 Å². The second kappa shape index (κ2) is 8.69. The van der Waals surface area contributed by atoms with E-state index in [9.17, 15) is 9.59 Å². The standard InChI is InChI=1S/C23H28ClN3O2S/c1-16(2)14-19-21(28)27(15-17-6-4-3-5-7-17)23(25-19)9-11-26(12-10-23)22(29)20-18(24)8-13-30-20/h3-8,13,16,19,25H,9-12,14-15H2,1-2H3. The summed E-state index contributed by atoms with van der Waals surface area (Å²) in [5, 5.41) is 6.04. The summed E-state index contributed by atoms with van der Waals surface area (Å²) in [5.74, 6) is 0.596. The summed E-state index contributed by atoms with van der Waals surface area (Å²) in [4.78, 5) is 30.7. The van der Waals surface area contributed by atoms with Gasteiger partial charge in [0.05, 0.1) is 16.7 Å². The topological polar surface area (TPSA) is 52.7 Å². The molecule has 5 nitrogen and oxygen atoms in total. The number of carbonyl (C=O) groups is 2. The molecule has 160 valence electrons. The zero-order valence-electron chi connectivity index (χ0n) is 17.4. The number of halogens is 1. The van der Waals surface area contributed by atoms with Crippen molar-refractivity contribution in [2.75, 3.05) is 13.1 Å². The average molecular weight is 446 g/mol. The number of hydrogen-bond donors (Lipinski definition) is 1. The van der Waals surface area contributed by atoms with Gasteiger partial charge in [0.15, 0.2) is 0 Å². The molecule has 1 N–H and O–H groups in total. The monoisotopic (exact) mass is 445 g/mol. The van der Waals surface area contributed by atoms with Crippen molar-refractivity contribution in [1.82, 2.24) is 15.1 Å². The van der Waals surface area contributed by atoms with Crippen LogP contribution in [0.2, 0.25) is 5.02 Å². The summed E-state index contributed by atoms with van der Waals surface area (Å²) in [7, 11) is 0. The fourth-order valence-electron chi connectivity index (χ4n) is 4.57. The number of nitrogens with one attached hydrogen (secondary N) is 1. The van der Waals surface area contributed by atoms with Gasteiger partial charge in [0.1, 0.15) is 4.88 Å². The Morgan fingerprint density at radius 1 is 1.23 bits per heavy atom. The van der Waals surface area contributed by atoms with Crippen molar-refractivity contribution in [3.8, 4) is 0 Å². The number of carbonyl (C=O) groups excluding carboxylic acids is 2. The third-order valence-electron chi connectivity index (χ3n) is 6.10. The minimum atomic E-state index is -0.400. The van der Waals surface area contributed by atoms with Crippen molar-refractivity contribution >= 4 is 34.8 Å². The number of thiophene rings is 1. The van der Waals surface area contributed by atoms with E-state index in [0.29, 0.717) is 35.5 Å². The molecule has 30 heavy (non-hydrogen) atoms. The number of benzene rings is 1. The molecule has 0 saturated carbocycles. The van der Waals surface area contributed by atoms with Crippen molar-refractivity contribution in [2.24, 2.45) is 5.92 Å². The third-order valence-corrected chi connectivity index (χ3v) is 7.43. The SMILES string of the molecule is CC(C)CC1NC2(CCN(C(=O)c3sccc3Cl)CC2)N(Cc2ccccc2)C1=O. The number of amides is 2. The molecule has 1 aromatic carbocycles. The highest BCUT2D eigenvalue weighted by molar-refractivity contribution is 7.12. The molecule has 2 aliphatic rings. The van der Waals surface area contributed by atoms with Crippen LogP contribution in [0.5, 0.6) is 0 Å². The lowest BCUT2D eigenvalue weighted by atomic mass is 9.95. The Labute approximate surface area is 187 Å². The van der Waals surface area contributed by atoms with Gasteiger partial charge in [-0.25, -0.2) is 0 Å². The van der Waals surface area contributed by atoms with E-state index in [1.54, 1.807) is 6.07 Å². The van der Waals surface area contributed by atoms with E-state index < -0.39 is 5.66 Å². The summed E-state index contributed by atoms with van der Waals surface area (Å²) in [6.45, 7) is 6.09. The smallest absolute Gasteiger partial charge is 0.265 e. The predicted molar refractivity (Wildman–Crippen MR) is 121 cm³/mol. The van der Waals surface area contributed by atoms with Crippen molar-refractivity contribution in [2.45, 2.75) is 51.4 Å². The van der Waals surface area contributed by atoms with Crippen LogP contribution in [0.25, 0.3) is 0 Å². The maximum Gasteiger partial charge on any atom is 0.265 e. The summed E-state index contributed by atoms with van der Waals surface area (Å²) in [6.07, 6.45) is 2.25. The second-order valence-corrected chi connectivity index (χ2v) is 9.98. The molecule has 1 spiro atoms. The van der Waals surface area contributed by atoms with Gasteiger partial charge >= 0.3 is 0 Å². The summed E-state index contributed by atoms with van der Waals surface area (Å²) < 4.78 is 0. The normalized spacial score (nSPS) is 21.1. The summed E-state index contributed by atoms with van der Waals surface area (Å²) >= 11 is 7.55. The highest BCUT2D eigenvalue weighted by Gasteiger charge is 2.51. The second-order valence-electron chi connectivity index (χ2n) is 8.66. The predicted octanol–water partition coefficient (Wildman–Crippen LogP) is 4.38. The zero-order chi connectivity index (χ0) is 21.3. The van der Waals surface area contributed by atoms with Gasteiger partial charge in [0, 0.05) is 32.5 Å². The van der Waals surface area contributed by atoms with E-state index in [1.165, 1.54) is 11.3 Å². The van der Waals surface area contributed by atoms with E-state index in [2.05, 4.69) is 31.3 Å². The Hall–Kier alpha value is -1.89.